The second-order valence-corrected chi connectivity index (χ2v) is 8.48. The SMILES string of the molecule is [C-]#[N+]C1CC(CC#N)(n2cc(-c3ccnc(Nc4ccc(N5CCCOC5=O)cc4)n3)cn2)C1. The zero-order valence-corrected chi connectivity index (χ0v) is 18.4. The van der Waals surface area contributed by atoms with Gasteiger partial charge in [0.05, 0.1) is 36.5 Å². The number of nitrogens with zero attached hydrogens (tertiary/aromatic N) is 7. The van der Waals surface area contributed by atoms with Crippen molar-refractivity contribution in [2.24, 2.45) is 0 Å². The molecule has 0 bridgehead atoms. The van der Waals surface area contributed by atoms with Gasteiger partial charge in [0.1, 0.15) is 0 Å². The lowest BCUT2D eigenvalue weighted by atomic mass is 9.71. The molecule has 3 aromatic rings. The van der Waals surface area contributed by atoms with Crippen molar-refractivity contribution in [3.05, 3.63) is 60.3 Å². The molecule has 10 nitrogen and oxygen atoms in total. The van der Waals surface area contributed by atoms with Crippen molar-refractivity contribution in [3.63, 3.8) is 0 Å². The number of benzene rings is 1. The van der Waals surface area contributed by atoms with Gasteiger partial charge >= 0.3 is 6.09 Å². The van der Waals surface area contributed by atoms with Crippen LogP contribution in [0.15, 0.2) is 48.9 Å². The lowest BCUT2D eigenvalue weighted by Crippen LogP contribution is -2.48. The molecule has 1 aliphatic heterocycles. The van der Waals surface area contributed by atoms with Gasteiger partial charge < -0.3 is 14.9 Å². The number of aromatic nitrogens is 4. The molecule has 34 heavy (non-hydrogen) atoms. The molecular formula is C24H22N8O2. The predicted octanol–water partition coefficient (Wildman–Crippen LogP) is 4.12. The van der Waals surface area contributed by atoms with E-state index in [-0.39, 0.29) is 12.1 Å². The molecule has 2 aromatic heterocycles. The molecule has 1 aliphatic carbocycles. The molecule has 1 N–H and O–H groups in total. The first-order valence-corrected chi connectivity index (χ1v) is 11.0. The summed E-state index contributed by atoms with van der Waals surface area (Å²) in [6.45, 7) is 8.32. The number of amides is 1. The monoisotopic (exact) mass is 454 g/mol. The summed E-state index contributed by atoms with van der Waals surface area (Å²) in [6, 6.07) is 11.4. The second kappa shape index (κ2) is 8.83. The third-order valence-corrected chi connectivity index (χ3v) is 6.25. The standard InChI is InChI=1S/C24H22N8O2/c1-26-19-13-24(14-19,8-9-25)32-16-17(15-28-32)21-7-10-27-22(30-21)29-18-3-5-20(6-4-18)31-11-2-12-34-23(31)33/h3-7,10,15-16,19H,2,8,11-14H2,(H,27,29,30). The van der Waals surface area contributed by atoms with Gasteiger partial charge in [0.25, 0.3) is 0 Å². The Morgan fingerprint density at radius 1 is 1.29 bits per heavy atom. The maximum Gasteiger partial charge on any atom is 0.414 e. The molecule has 1 amide bonds. The van der Waals surface area contributed by atoms with Crippen LogP contribution in [-0.2, 0) is 10.3 Å². The van der Waals surface area contributed by atoms with Crippen molar-refractivity contribution >= 4 is 23.4 Å². The van der Waals surface area contributed by atoms with Crippen LogP contribution in [0.5, 0.6) is 0 Å². The van der Waals surface area contributed by atoms with E-state index in [1.54, 1.807) is 23.4 Å². The van der Waals surface area contributed by atoms with E-state index in [2.05, 4.69) is 31.3 Å². The normalized spacial score (nSPS) is 21.6. The highest BCUT2D eigenvalue weighted by atomic mass is 16.6. The van der Waals surface area contributed by atoms with E-state index in [0.717, 1.165) is 23.4 Å². The summed E-state index contributed by atoms with van der Waals surface area (Å²) >= 11 is 0. The first-order valence-electron chi connectivity index (χ1n) is 11.0. The molecule has 0 unspecified atom stereocenters. The van der Waals surface area contributed by atoms with Crippen LogP contribution in [0.2, 0.25) is 0 Å². The summed E-state index contributed by atoms with van der Waals surface area (Å²) in [5, 5.41) is 16.9. The van der Waals surface area contributed by atoms with E-state index in [0.29, 0.717) is 44.1 Å². The number of anilines is 3. The third kappa shape index (κ3) is 4.02. The summed E-state index contributed by atoms with van der Waals surface area (Å²) in [5.41, 5.74) is 2.66. The minimum absolute atomic E-state index is 0.0530. The van der Waals surface area contributed by atoms with Gasteiger partial charge in [0.2, 0.25) is 12.0 Å². The molecule has 10 heteroatoms. The van der Waals surface area contributed by atoms with Gasteiger partial charge in [-0.3, -0.25) is 9.58 Å². The largest absolute Gasteiger partial charge is 0.449 e. The zero-order chi connectivity index (χ0) is 23.5. The fourth-order valence-corrected chi connectivity index (χ4v) is 4.40. The number of carbonyl (C=O) groups excluding carboxylic acids is 1. The summed E-state index contributed by atoms with van der Waals surface area (Å²) < 4.78 is 6.91. The third-order valence-electron chi connectivity index (χ3n) is 6.25. The molecule has 1 aromatic carbocycles. The maximum atomic E-state index is 11.9. The predicted molar refractivity (Wildman–Crippen MR) is 124 cm³/mol. The number of nitrogens with one attached hydrogen (secondary N) is 1. The fourth-order valence-electron chi connectivity index (χ4n) is 4.40. The van der Waals surface area contributed by atoms with Crippen molar-refractivity contribution < 1.29 is 9.53 Å². The van der Waals surface area contributed by atoms with Crippen molar-refractivity contribution in [3.8, 4) is 17.3 Å². The second-order valence-electron chi connectivity index (χ2n) is 8.48. The molecule has 0 atom stereocenters. The summed E-state index contributed by atoms with van der Waals surface area (Å²) in [5.74, 6) is 0.429. The van der Waals surface area contributed by atoms with E-state index < -0.39 is 5.54 Å². The molecule has 0 radical (unpaired) electrons. The van der Waals surface area contributed by atoms with E-state index in [9.17, 15) is 10.1 Å². The van der Waals surface area contributed by atoms with Crippen molar-refractivity contribution in [1.29, 1.82) is 5.26 Å². The lowest BCUT2D eigenvalue weighted by Gasteiger charge is -2.40. The van der Waals surface area contributed by atoms with Gasteiger partial charge in [-0.05, 0) is 36.8 Å². The lowest BCUT2D eigenvalue weighted by molar-refractivity contribution is 0.120. The molecule has 1 saturated heterocycles. The molecule has 3 heterocycles. The zero-order valence-electron chi connectivity index (χ0n) is 18.4. The highest BCUT2D eigenvalue weighted by Gasteiger charge is 2.50. The molecule has 5 rings (SSSR count). The Bertz CT molecular complexity index is 1280. The first-order chi connectivity index (χ1) is 16.6. The van der Waals surface area contributed by atoms with Crippen LogP contribution in [0.1, 0.15) is 25.7 Å². The summed E-state index contributed by atoms with van der Waals surface area (Å²) in [4.78, 5) is 26.1. The Morgan fingerprint density at radius 2 is 2.12 bits per heavy atom. The van der Waals surface area contributed by atoms with E-state index in [1.807, 2.05) is 35.1 Å². The van der Waals surface area contributed by atoms with Gasteiger partial charge in [-0.15, -0.1) is 0 Å². The number of rotatable bonds is 6. The van der Waals surface area contributed by atoms with Crippen LogP contribution in [0.25, 0.3) is 16.1 Å². The Kier molecular flexibility index (Phi) is 5.56. The summed E-state index contributed by atoms with van der Waals surface area (Å²) in [6.07, 6.45) is 7.34. The van der Waals surface area contributed by atoms with Gasteiger partial charge in [-0.2, -0.15) is 10.4 Å². The van der Waals surface area contributed by atoms with Gasteiger partial charge in [0.15, 0.2) is 0 Å². The van der Waals surface area contributed by atoms with Gasteiger partial charge in [-0.25, -0.2) is 21.3 Å². The Balaban J connectivity index is 1.31. The molecule has 1 saturated carbocycles. The number of carbonyl (C=O) groups is 1. The van der Waals surface area contributed by atoms with Crippen LogP contribution in [0.4, 0.5) is 22.1 Å². The fraction of sp³-hybridized carbons (Fsp3) is 0.333. The number of ether oxygens (including phenoxy) is 1. The number of nitriles is 1. The van der Waals surface area contributed by atoms with Crippen molar-refractivity contribution in [2.75, 3.05) is 23.4 Å². The molecular weight excluding hydrogens is 432 g/mol. The van der Waals surface area contributed by atoms with Crippen LogP contribution < -0.4 is 10.2 Å². The average molecular weight is 454 g/mol. The van der Waals surface area contributed by atoms with E-state index in [4.69, 9.17) is 11.3 Å². The minimum atomic E-state index is -0.418. The smallest absolute Gasteiger partial charge is 0.414 e. The van der Waals surface area contributed by atoms with Crippen LogP contribution in [0.3, 0.4) is 0 Å². The summed E-state index contributed by atoms with van der Waals surface area (Å²) in [7, 11) is 0. The van der Waals surface area contributed by atoms with E-state index >= 15 is 0 Å². The first kappa shape index (κ1) is 21.4. The Labute approximate surface area is 196 Å². The van der Waals surface area contributed by atoms with Crippen LogP contribution in [0, 0.1) is 17.9 Å². The van der Waals surface area contributed by atoms with Crippen molar-refractivity contribution in [2.45, 2.75) is 37.3 Å². The highest BCUT2D eigenvalue weighted by molar-refractivity contribution is 5.88. The molecule has 2 aliphatic rings. The average Bonchev–Trinajstić information content (AvgIpc) is 3.33. The number of hydrogen-bond acceptors (Lipinski definition) is 7. The van der Waals surface area contributed by atoms with Crippen molar-refractivity contribution in [1.82, 2.24) is 19.7 Å². The molecule has 2 fully saturated rings. The highest BCUT2D eigenvalue weighted by Crippen LogP contribution is 2.44. The number of cyclic esters (lactones) is 1. The topological polar surface area (TPSA) is 113 Å². The van der Waals surface area contributed by atoms with E-state index in [1.165, 1.54) is 0 Å². The van der Waals surface area contributed by atoms with Gasteiger partial charge in [-0.1, -0.05) is 0 Å². The maximum absolute atomic E-state index is 11.9. The molecule has 170 valence electrons. The number of hydrogen-bond donors (Lipinski definition) is 1. The van der Waals surface area contributed by atoms with Crippen LogP contribution >= 0.6 is 0 Å². The van der Waals surface area contributed by atoms with Gasteiger partial charge in [0, 0.05) is 48.7 Å². The molecule has 0 spiro atoms. The Morgan fingerprint density at radius 3 is 2.85 bits per heavy atom. The van der Waals surface area contributed by atoms with Crippen LogP contribution in [-0.4, -0.2) is 45.0 Å². The quantitative estimate of drug-likeness (QED) is 0.557. The minimum Gasteiger partial charge on any atom is -0.449 e. The Hall–Kier alpha value is -4.44.